The third kappa shape index (κ3) is 3.61. The van der Waals surface area contributed by atoms with Crippen molar-refractivity contribution in [3.8, 4) is 5.75 Å². The van der Waals surface area contributed by atoms with Gasteiger partial charge in [0.2, 0.25) is 0 Å². The van der Waals surface area contributed by atoms with E-state index in [4.69, 9.17) is 9.47 Å². The van der Waals surface area contributed by atoms with Gasteiger partial charge in [0.05, 0.1) is 37.3 Å². The Bertz CT molecular complexity index is 800. The van der Waals surface area contributed by atoms with Crippen molar-refractivity contribution in [3.63, 3.8) is 0 Å². The van der Waals surface area contributed by atoms with E-state index in [-0.39, 0.29) is 5.69 Å². The minimum absolute atomic E-state index is 0.00695. The van der Waals surface area contributed by atoms with Crippen LogP contribution in [-0.4, -0.2) is 55.3 Å². The fraction of sp³-hybridized carbons (Fsp3) is 0.400. The molecule has 4 rings (SSSR count). The quantitative estimate of drug-likeness (QED) is 0.596. The number of piperazine rings is 1. The molecule has 0 amide bonds. The minimum atomic E-state index is -0.414. The molecule has 2 fully saturated rings. The molecule has 0 N–H and O–H groups in total. The molecule has 0 aromatic heterocycles. The molecule has 2 aliphatic heterocycles. The number of hydrogen-bond acceptors (Lipinski definition) is 6. The lowest BCUT2D eigenvalue weighted by Gasteiger charge is -2.50. The van der Waals surface area contributed by atoms with Gasteiger partial charge < -0.3 is 14.4 Å². The molecular formula is C20H23N3O4. The van der Waals surface area contributed by atoms with Crippen molar-refractivity contribution in [2.75, 3.05) is 38.3 Å². The summed E-state index contributed by atoms with van der Waals surface area (Å²) in [6.45, 7) is 3.96. The fourth-order valence-electron chi connectivity index (χ4n) is 4.01. The number of morpholine rings is 1. The van der Waals surface area contributed by atoms with Gasteiger partial charge in [0.25, 0.3) is 0 Å². The summed E-state index contributed by atoms with van der Waals surface area (Å²) in [7, 11) is 1.46. The van der Waals surface area contributed by atoms with Gasteiger partial charge in [-0.1, -0.05) is 30.3 Å². The van der Waals surface area contributed by atoms with Gasteiger partial charge in [-0.25, -0.2) is 0 Å². The van der Waals surface area contributed by atoms with Crippen LogP contribution in [0, 0.1) is 10.1 Å². The maximum absolute atomic E-state index is 11.1. The number of nitro groups is 1. The van der Waals surface area contributed by atoms with Gasteiger partial charge in [0, 0.05) is 37.5 Å². The van der Waals surface area contributed by atoms with Gasteiger partial charge in [-0.2, -0.15) is 0 Å². The lowest BCUT2D eigenvalue weighted by atomic mass is 10.0. The molecule has 27 heavy (non-hydrogen) atoms. The summed E-state index contributed by atoms with van der Waals surface area (Å²) in [5.74, 6) is 0.297. The second-order valence-corrected chi connectivity index (χ2v) is 7.02. The van der Waals surface area contributed by atoms with Crippen molar-refractivity contribution in [1.82, 2.24) is 4.90 Å². The number of benzene rings is 2. The van der Waals surface area contributed by atoms with Crippen LogP contribution in [-0.2, 0) is 11.3 Å². The predicted molar refractivity (Wildman–Crippen MR) is 102 cm³/mol. The topological polar surface area (TPSA) is 68.1 Å². The van der Waals surface area contributed by atoms with Crippen molar-refractivity contribution in [2.45, 2.75) is 18.6 Å². The molecule has 2 saturated heterocycles. The van der Waals surface area contributed by atoms with E-state index < -0.39 is 4.92 Å². The molecule has 0 saturated carbocycles. The summed E-state index contributed by atoms with van der Waals surface area (Å²) in [6.07, 6.45) is 0. The van der Waals surface area contributed by atoms with Crippen molar-refractivity contribution in [1.29, 1.82) is 0 Å². The molecule has 7 nitrogen and oxygen atoms in total. The zero-order valence-corrected chi connectivity index (χ0v) is 15.3. The Kier molecular flexibility index (Phi) is 4.96. The molecule has 142 valence electrons. The van der Waals surface area contributed by atoms with Crippen LogP contribution < -0.4 is 9.64 Å². The Morgan fingerprint density at radius 1 is 1.15 bits per heavy atom. The van der Waals surface area contributed by atoms with Crippen molar-refractivity contribution >= 4 is 11.4 Å². The first-order valence-electron chi connectivity index (χ1n) is 9.10. The summed E-state index contributed by atoms with van der Waals surface area (Å²) < 4.78 is 11.0. The highest BCUT2D eigenvalue weighted by Crippen LogP contribution is 2.34. The molecule has 2 aromatic rings. The van der Waals surface area contributed by atoms with Crippen LogP contribution in [0.5, 0.6) is 5.75 Å². The summed E-state index contributed by atoms with van der Waals surface area (Å²) in [5, 5.41) is 11.1. The SMILES string of the molecule is COc1cc(N2CC3COCC(C2)N3Cc2ccccc2)ccc1[N+](=O)[O-]. The molecule has 0 spiro atoms. The largest absolute Gasteiger partial charge is 0.490 e. The number of nitro benzene ring substituents is 1. The molecule has 2 unspecified atom stereocenters. The van der Waals surface area contributed by atoms with E-state index in [1.165, 1.54) is 18.7 Å². The Labute approximate surface area is 158 Å². The summed E-state index contributed by atoms with van der Waals surface area (Å²) >= 11 is 0. The Hall–Kier alpha value is -2.64. The second-order valence-electron chi connectivity index (χ2n) is 7.02. The van der Waals surface area contributed by atoms with E-state index in [1.54, 1.807) is 6.07 Å². The molecule has 0 radical (unpaired) electrons. The highest BCUT2D eigenvalue weighted by atomic mass is 16.6. The van der Waals surface area contributed by atoms with Crippen LogP contribution in [0.2, 0.25) is 0 Å². The van der Waals surface area contributed by atoms with Crippen LogP contribution >= 0.6 is 0 Å². The maximum atomic E-state index is 11.1. The van der Waals surface area contributed by atoms with Gasteiger partial charge in [0.15, 0.2) is 5.75 Å². The average molecular weight is 369 g/mol. The van der Waals surface area contributed by atoms with Gasteiger partial charge in [-0.15, -0.1) is 0 Å². The first-order valence-corrected chi connectivity index (χ1v) is 9.10. The zero-order valence-electron chi connectivity index (χ0n) is 15.3. The van der Waals surface area contributed by atoms with E-state index in [2.05, 4.69) is 34.1 Å². The van der Waals surface area contributed by atoms with Crippen LogP contribution in [0.4, 0.5) is 11.4 Å². The second kappa shape index (κ2) is 7.54. The van der Waals surface area contributed by atoms with Crippen LogP contribution in [0.3, 0.4) is 0 Å². The van der Waals surface area contributed by atoms with E-state index in [0.717, 1.165) is 25.3 Å². The Balaban J connectivity index is 1.54. The van der Waals surface area contributed by atoms with E-state index in [9.17, 15) is 10.1 Å². The first-order chi connectivity index (χ1) is 13.2. The number of hydrogen-bond donors (Lipinski definition) is 0. The lowest BCUT2D eigenvalue weighted by molar-refractivity contribution is -0.385. The van der Waals surface area contributed by atoms with Crippen LogP contribution in [0.15, 0.2) is 48.5 Å². The molecule has 2 bridgehead atoms. The van der Waals surface area contributed by atoms with E-state index in [1.807, 2.05) is 12.1 Å². The normalized spacial score (nSPS) is 22.5. The molecule has 7 heteroatoms. The monoisotopic (exact) mass is 369 g/mol. The molecular weight excluding hydrogens is 346 g/mol. The van der Waals surface area contributed by atoms with E-state index in [0.29, 0.717) is 31.0 Å². The summed E-state index contributed by atoms with van der Waals surface area (Å²) in [6, 6.07) is 16.2. The smallest absolute Gasteiger partial charge is 0.311 e. The van der Waals surface area contributed by atoms with Crippen molar-refractivity contribution in [3.05, 3.63) is 64.2 Å². The average Bonchev–Trinajstić information content (AvgIpc) is 2.68. The molecule has 2 aromatic carbocycles. The minimum Gasteiger partial charge on any atom is -0.490 e. The van der Waals surface area contributed by atoms with Gasteiger partial charge in [-0.05, 0) is 11.6 Å². The third-order valence-electron chi connectivity index (χ3n) is 5.35. The summed E-state index contributed by atoms with van der Waals surface area (Å²) in [5.41, 5.74) is 2.25. The fourth-order valence-corrected chi connectivity index (χ4v) is 4.01. The number of rotatable bonds is 5. The van der Waals surface area contributed by atoms with Crippen molar-refractivity contribution in [2.24, 2.45) is 0 Å². The number of anilines is 1. The molecule has 0 aliphatic carbocycles. The lowest BCUT2D eigenvalue weighted by Crippen LogP contribution is -2.64. The van der Waals surface area contributed by atoms with Crippen LogP contribution in [0.1, 0.15) is 5.56 Å². The maximum Gasteiger partial charge on any atom is 0.311 e. The zero-order chi connectivity index (χ0) is 18.8. The molecule has 2 heterocycles. The first kappa shape index (κ1) is 17.8. The number of methoxy groups -OCH3 is 1. The molecule has 2 aliphatic rings. The number of nitrogens with zero attached hydrogens (tertiary/aromatic N) is 3. The highest BCUT2D eigenvalue weighted by molar-refractivity contribution is 5.59. The van der Waals surface area contributed by atoms with Gasteiger partial charge in [0.1, 0.15) is 0 Å². The Morgan fingerprint density at radius 2 is 1.85 bits per heavy atom. The summed E-state index contributed by atoms with van der Waals surface area (Å²) in [4.78, 5) is 15.5. The standard InChI is InChI=1S/C20H23N3O4/c1-26-20-9-16(7-8-19(20)23(24)25)21-11-17-13-27-14-18(12-21)22(17)10-15-5-3-2-4-6-15/h2-9,17-18H,10-14H2,1H3. The van der Waals surface area contributed by atoms with E-state index >= 15 is 0 Å². The Morgan fingerprint density at radius 3 is 2.48 bits per heavy atom. The van der Waals surface area contributed by atoms with Crippen LogP contribution in [0.25, 0.3) is 0 Å². The highest BCUT2D eigenvalue weighted by Gasteiger charge is 2.38. The van der Waals surface area contributed by atoms with Gasteiger partial charge >= 0.3 is 5.69 Å². The third-order valence-corrected chi connectivity index (χ3v) is 5.35. The molecule has 2 atom stereocenters. The number of fused-ring (bicyclic) bond motifs is 2. The van der Waals surface area contributed by atoms with Crippen molar-refractivity contribution < 1.29 is 14.4 Å². The van der Waals surface area contributed by atoms with Gasteiger partial charge in [-0.3, -0.25) is 15.0 Å². The predicted octanol–water partition coefficient (Wildman–Crippen LogP) is 2.69. The number of ether oxygens (including phenoxy) is 2.